The van der Waals surface area contributed by atoms with Gasteiger partial charge >= 0.3 is 0 Å². The second-order valence-corrected chi connectivity index (χ2v) is 4.91. The first-order chi connectivity index (χ1) is 8.56. The molecule has 0 spiro atoms. The zero-order chi connectivity index (χ0) is 13.1. The molecule has 96 valence electrons. The normalized spacial score (nSPS) is 12.4. The fourth-order valence-corrected chi connectivity index (χ4v) is 1.92. The van der Waals surface area contributed by atoms with Gasteiger partial charge in [0.15, 0.2) is 12.4 Å². The third kappa shape index (κ3) is 3.08. The molecule has 18 heavy (non-hydrogen) atoms. The van der Waals surface area contributed by atoms with Crippen LogP contribution < -0.4 is 10.5 Å². The maximum atomic E-state index is 5.90. The van der Waals surface area contributed by atoms with Crippen molar-refractivity contribution in [3.8, 4) is 5.75 Å². The summed E-state index contributed by atoms with van der Waals surface area (Å²) in [5.41, 5.74) is 6.84. The van der Waals surface area contributed by atoms with Crippen LogP contribution >= 0.6 is 15.9 Å². The lowest BCUT2D eigenvalue weighted by Crippen LogP contribution is -2.08. The Morgan fingerprint density at radius 2 is 2.28 bits per heavy atom. The van der Waals surface area contributed by atoms with E-state index in [0.717, 1.165) is 15.8 Å². The molecule has 0 aliphatic carbocycles. The van der Waals surface area contributed by atoms with Gasteiger partial charge in [0.05, 0.1) is 0 Å². The van der Waals surface area contributed by atoms with Crippen molar-refractivity contribution in [2.75, 3.05) is 0 Å². The number of hydrogen-bond donors (Lipinski definition) is 1. The smallest absolute Gasteiger partial charge is 0.264 e. The first kappa shape index (κ1) is 13.0. The van der Waals surface area contributed by atoms with Crippen molar-refractivity contribution in [2.24, 2.45) is 5.73 Å². The molecule has 0 saturated carbocycles. The molecule has 0 saturated heterocycles. The van der Waals surface area contributed by atoms with Gasteiger partial charge in [-0.25, -0.2) is 0 Å². The van der Waals surface area contributed by atoms with E-state index in [9.17, 15) is 0 Å². The quantitative estimate of drug-likeness (QED) is 0.939. The lowest BCUT2D eigenvalue weighted by atomic mass is 10.1. The second kappa shape index (κ2) is 5.49. The molecule has 0 amide bonds. The minimum atomic E-state index is -0.109. The summed E-state index contributed by atoms with van der Waals surface area (Å²) in [4.78, 5) is 4.07. The molecule has 0 fully saturated rings. The number of aryl methyl sites for hydroxylation is 1. The van der Waals surface area contributed by atoms with Gasteiger partial charge in [-0.2, -0.15) is 4.98 Å². The Hall–Kier alpha value is -1.40. The van der Waals surface area contributed by atoms with E-state index < -0.39 is 0 Å². The lowest BCUT2D eigenvalue weighted by Gasteiger charge is -2.13. The molecule has 0 bridgehead atoms. The molecule has 1 atom stereocenters. The maximum Gasteiger partial charge on any atom is 0.264 e. The fraction of sp³-hybridized carbons (Fsp3) is 0.333. The van der Waals surface area contributed by atoms with Gasteiger partial charge < -0.3 is 15.0 Å². The van der Waals surface area contributed by atoms with Crippen LogP contribution in [0.1, 0.15) is 30.2 Å². The lowest BCUT2D eigenvalue weighted by molar-refractivity contribution is 0.240. The van der Waals surface area contributed by atoms with Crippen molar-refractivity contribution in [3.05, 3.63) is 40.0 Å². The predicted molar refractivity (Wildman–Crippen MR) is 70.1 cm³/mol. The topological polar surface area (TPSA) is 74.2 Å². The Kier molecular flexibility index (Phi) is 3.98. The zero-order valence-corrected chi connectivity index (χ0v) is 11.8. The van der Waals surface area contributed by atoms with Crippen molar-refractivity contribution in [3.63, 3.8) is 0 Å². The highest BCUT2D eigenvalue weighted by molar-refractivity contribution is 9.10. The third-order valence-corrected chi connectivity index (χ3v) is 2.88. The van der Waals surface area contributed by atoms with Gasteiger partial charge in [0.2, 0.25) is 0 Å². The molecule has 0 radical (unpaired) electrons. The highest BCUT2D eigenvalue weighted by Crippen LogP contribution is 2.27. The molecule has 0 unspecified atom stereocenters. The summed E-state index contributed by atoms with van der Waals surface area (Å²) in [6, 6.07) is 5.60. The molecule has 0 aliphatic heterocycles. The van der Waals surface area contributed by atoms with Gasteiger partial charge in [-0.05, 0) is 32.0 Å². The van der Waals surface area contributed by atoms with E-state index in [2.05, 4.69) is 26.1 Å². The summed E-state index contributed by atoms with van der Waals surface area (Å²) < 4.78 is 11.6. The summed E-state index contributed by atoms with van der Waals surface area (Å²) in [5, 5.41) is 3.70. The summed E-state index contributed by atoms with van der Waals surface area (Å²) >= 11 is 3.41. The molecule has 2 aromatic rings. The monoisotopic (exact) mass is 311 g/mol. The van der Waals surface area contributed by atoms with Crippen molar-refractivity contribution >= 4 is 15.9 Å². The average Bonchev–Trinajstić information content (AvgIpc) is 2.73. The number of nitrogens with zero attached hydrogens (tertiary/aromatic N) is 2. The maximum absolute atomic E-state index is 5.90. The Morgan fingerprint density at radius 3 is 2.89 bits per heavy atom. The number of aromatic nitrogens is 2. The van der Waals surface area contributed by atoms with E-state index in [-0.39, 0.29) is 12.6 Å². The molecule has 0 aliphatic rings. The van der Waals surface area contributed by atoms with Crippen LogP contribution in [0.25, 0.3) is 0 Å². The molecular weight excluding hydrogens is 298 g/mol. The number of rotatable bonds is 4. The second-order valence-electron chi connectivity index (χ2n) is 3.99. The molecule has 1 aromatic heterocycles. The van der Waals surface area contributed by atoms with Crippen LogP contribution in [0.5, 0.6) is 5.75 Å². The number of benzene rings is 1. The van der Waals surface area contributed by atoms with Crippen molar-refractivity contribution in [1.29, 1.82) is 0 Å². The van der Waals surface area contributed by atoms with Gasteiger partial charge in [-0.1, -0.05) is 21.1 Å². The highest BCUT2D eigenvalue weighted by Gasteiger charge is 2.10. The van der Waals surface area contributed by atoms with Crippen LogP contribution in [0.2, 0.25) is 0 Å². The fourth-order valence-electron chi connectivity index (χ4n) is 1.54. The van der Waals surface area contributed by atoms with Gasteiger partial charge in [-0.15, -0.1) is 0 Å². The molecule has 2 rings (SSSR count). The first-order valence-corrected chi connectivity index (χ1v) is 6.32. The van der Waals surface area contributed by atoms with E-state index in [1.807, 2.05) is 25.1 Å². The van der Waals surface area contributed by atoms with E-state index in [0.29, 0.717) is 11.7 Å². The van der Waals surface area contributed by atoms with Crippen molar-refractivity contribution in [1.82, 2.24) is 10.1 Å². The predicted octanol–water partition coefficient (Wildman–Crippen LogP) is 2.74. The number of hydrogen-bond acceptors (Lipinski definition) is 5. The zero-order valence-electron chi connectivity index (χ0n) is 10.2. The van der Waals surface area contributed by atoms with Gasteiger partial charge in [0, 0.05) is 16.1 Å². The van der Waals surface area contributed by atoms with Crippen LogP contribution in [0.4, 0.5) is 0 Å². The molecule has 2 N–H and O–H groups in total. The van der Waals surface area contributed by atoms with Crippen molar-refractivity contribution in [2.45, 2.75) is 26.5 Å². The Labute approximate surface area is 113 Å². The van der Waals surface area contributed by atoms with Gasteiger partial charge in [-0.3, -0.25) is 0 Å². The first-order valence-electron chi connectivity index (χ1n) is 5.53. The van der Waals surface area contributed by atoms with Gasteiger partial charge in [0.1, 0.15) is 5.75 Å². The average molecular weight is 312 g/mol. The minimum absolute atomic E-state index is 0.109. The summed E-state index contributed by atoms with van der Waals surface area (Å²) in [6.07, 6.45) is 0. The summed E-state index contributed by atoms with van der Waals surface area (Å²) in [7, 11) is 0. The Balaban J connectivity index is 2.13. The van der Waals surface area contributed by atoms with E-state index in [1.54, 1.807) is 6.92 Å². The van der Waals surface area contributed by atoms with E-state index >= 15 is 0 Å². The highest BCUT2D eigenvalue weighted by atomic mass is 79.9. The van der Waals surface area contributed by atoms with Crippen LogP contribution in [-0.2, 0) is 6.61 Å². The summed E-state index contributed by atoms with van der Waals surface area (Å²) in [6.45, 7) is 3.91. The molecule has 5 nitrogen and oxygen atoms in total. The van der Waals surface area contributed by atoms with Crippen LogP contribution in [0.3, 0.4) is 0 Å². The molecular formula is C12H14BrN3O2. The summed E-state index contributed by atoms with van der Waals surface area (Å²) in [5.74, 6) is 1.77. The third-order valence-electron chi connectivity index (χ3n) is 2.38. The molecule has 1 aromatic carbocycles. The molecule has 1 heterocycles. The van der Waals surface area contributed by atoms with Crippen LogP contribution in [0.15, 0.2) is 27.2 Å². The Bertz CT molecular complexity index is 540. The van der Waals surface area contributed by atoms with Crippen LogP contribution in [0, 0.1) is 6.92 Å². The minimum Gasteiger partial charge on any atom is -0.483 e. The number of ether oxygens (including phenoxy) is 1. The number of halogens is 1. The SMILES string of the molecule is Cc1noc(COc2ccc(Br)cc2[C@H](C)N)n1. The molecule has 6 heteroatoms. The largest absolute Gasteiger partial charge is 0.483 e. The van der Waals surface area contributed by atoms with Crippen molar-refractivity contribution < 1.29 is 9.26 Å². The Morgan fingerprint density at radius 1 is 1.50 bits per heavy atom. The van der Waals surface area contributed by atoms with Crippen LogP contribution in [-0.4, -0.2) is 10.1 Å². The van der Waals surface area contributed by atoms with E-state index in [4.69, 9.17) is 15.0 Å². The van der Waals surface area contributed by atoms with E-state index in [1.165, 1.54) is 0 Å². The van der Waals surface area contributed by atoms with Gasteiger partial charge in [0.25, 0.3) is 5.89 Å². The number of nitrogens with two attached hydrogens (primary N) is 1. The standard InChI is InChI=1S/C12H14BrN3O2/c1-7(14)10-5-9(13)3-4-11(10)17-6-12-15-8(2)16-18-12/h3-5,7H,6,14H2,1-2H3/t7-/m0/s1.